The molecule has 0 heterocycles. The highest BCUT2D eigenvalue weighted by atomic mass is 35.5. The zero-order valence-electron chi connectivity index (χ0n) is 14.0. The second-order valence-corrected chi connectivity index (χ2v) is 7.86. The molecule has 1 N–H and O–H groups in total. The summed E-state index contributed by atoms with van der Waals surface area (Å²) in [5, 5.41) is 3.85. The number of carbonyl (C=O) groups excluding carboxylic acids is 1. The number of nitrogens with one attached hydrogen (secondary N) is 1. The van der Waals surface area contributed by atoms with Gasteiger partial charge in [-0.05, 0) is 43.0 Å². The van der Waals surface area contributed by atoms with Gasteiger partial charge in [0.25, 0.3) is 0 Å². The number of para-hydroxylation sites is 1. The Hall–Kier alpha value is -1.16. The van der Waals surface area contributed by atoms with Gasteiger partial charge in [-0.3, -0.25) is 4.79 Å². The van der Waals surface area contributed by atoms with Gasteiger partial charge in [0.15, 0.2) is 0 Å². The van der Waals surface area contributed by atoms with Gasteiger partial charge in [-0.15, -0.1) is 11.8 Å². The molecule has 2 aromatic carbocycles. The summed E-state index contributed by atoms with van der Waals surface area (Å²) in [7, 11) is 0. The van der Waals surface area contributed by atoms with Crippen LogP contribution in [0.15, 0.2) is 47.4 Å². The molecule has 0 spiro atoms. The molecule has 0 fully saturated rings. The van der Waals surface area contributed by atoms with E-state index in [-0.39, 0.29) is 11.2 Å². The fourth-order valence-corrected chi connectivity index (χ4v) is 3.87. The highest BCUT2D eigenvalue weighted by Crippen LogP contribution is 2.37. The van der Waals surface area contributed by atoms with Crippen molar-refractivity contribution in [3.05, 3.63) is 58.1 Å². The van der Waals surface area contributed by atoms with Crippen molar-refractivity contribution in [2.24, 2.45) is 0 Å². The smallest absolute Gasteiger partial charge is 0.237 e. The predicted octanol–water partition coefficient (Wildman–Crippen LogP) is 6.63. The number of carbonyl (C=O) groups is 1. The molecule has 0 saturated heterocycles. The summed E-state index contributed by atoms with van der Waals surface area (Å²) in [5.74, 6) is 0.328. The van der Waals surface area contributed by atoms with E-state index in [1.165, 1.54) is 11.8 Å². The van der Waals surface area contributed by atoms with Crippen molar-refractivity contribution >= 4 is 46.6 Å². The lowest BCUT2D eigenvalue weighted by atomic mass is 9.97. The van der Waals surface area contributed by atoms with Crippen molar-refractivity contribution in [3.8, 4) is 0 Å². The first-order chi connectivity index (χ1) is 11.4. The molecule has 0 aromatic heterocycles. The zero-order chi connectivity index (χ0) is 17.7. The van der Waals surface area contributed by atoms with Crippen molar-refractivity contribution in [1.82, 2.24) is 0 Å². The summed E-state index contributed by atoms with van der Waals surface area (Å²) in [4.78, 5) is 13.3. The Labute approximate surface area is 157 Å². The second kappa shape index (κ2) is 8.80. The quantitative estimate of drug-likeness (QED) is 0.569. The van der Waals surface area contributed by atoms with Gasteiger partial charge in [0.2, 0.25) is 5.91 Å². The Balaban J connectivity index is 2.13. The van der Waals surface area contributed by atoms with Gasteiger partial charge in [0.05, 0.1) is 15.3 Å². The van der Waals surface area contributed by atoms with Crippen LogP contribution in [0.5, 0.6) is 0 Å². The lowest BCUT2D eigenvalue weighted by Crippen LogP contribution is -2.23. The zero-order valence-corrected chi connectivity index (χ0v) is 16.3. The molecular formula is C19H21Cl2NOS. The van der Waals surface area contributed by atoms with Crippen LogP contribution in [0.2, 0.25) is 10.0 Å². The van der Waals surface area contributed by atoms with Gasteiger partial charge in [-0.25, -0.2) is 0 Å². The Morgan fingerprint density at radius 2 is 1.71 bits per heavy atom. The van der Waals surface area contributed by atoms with Crippen LogP contribution in [0.25, 0.3) is 0 Å². The molecule has 1 amide bonds. The molecule has 128 valence electrons. The number of rotatable bonds is 6. The number of halogens is 2. The molecule has 0 aliphatic rings. The molecule has 24 heavy (non-hydrogen) atoms. The van der Waals surface area contributed by atoms with Crippen LogP contribution in [-0.2, 0) is 4.79 Å². The van der Waals surface area contributed by atoms with E-state index < -0.39 is 0 Å². The monoisotopic (exact) mass is 381 g/mol. The Morgan fingerprint density at radius 1 is 1.08 bits per heavy atom. The molecule has 5 heteroatoms. The van der Waals surface area contributed by atoms with Gasteiger partial charge in [-0.1, -0.05) is 61.3 Å². The molecule has 2 atom stereocenters. The summed E-state index contributed by atoms with van der Waals surface area (Å²) >= 11 is 13.7. The average molecular weight is 382 g/mol. The van der Waals surface area contributed by atoms with E-state index in [4.69, 9.17) is 23.2 Å². The van der Waals surface area contributed by atoms with Crippen LogP contribution in [0.4, 0.5) is 5.69 Å². The molecule has 0 aliphatic carbocycles. The van der Waals surface area contributed by atoms with Crippen LogP contribution in [-0.4, -0.2) is 11.2 Å². The average Bonchev–Trinajstić information content (AvgIpc) is 2.57. The minimum Gasteiger partial charge on any atom is -0.325 e. The van der Waals surface area contributed by atoms with Crippen LogP contribution >= 0.6 is 35.0 Å². The lowest BCUT2D eigenvalue weighted by Gasteiger charge is -2.18. The van der Waals surface area contributed by atoms with Crippen LogP contribution in [0.1, 0.15) is 38.7 Å². The third-order valence-electron chi connectivity index (χ3n) is 3.94. The van der Waals surface area contributed by atoms with Gasteiger partial charge in [0.1, 0.15) is 0 Å². The maximum Gasteiger partial charge on any atom is 0.237 e. The summed E-state index contributed by atoms with van der Waals surface area (Å²) < 4.78 is 0. The van der Waals surface area contributed by atoms with Gasteiger partial charge >= 0.3 is 0 Å². The Morgan fingerprint density at radius 3 is 2.33 bits per heavy atom. The molecule has 2 nitrogen and oxygen atoms in total. The number of thioether (sulfide) groups is 1. The fraction of sp³-hybridized carbons (Fsp3) is 0.316. The van der Waals surface area contributed by atoms with Crippen molar-refractivity contribution < 1.29 is 4.79 Å². The van der Waals surface area contributed by atoms with E-state index in [0.29, 0.717) is 16.0 Å². The van der Waals surface area contributed by atoms with Crippen LogP contribution < -0.4 is 5.32 Å². The molecular weight excluding hydrogens is 361 g/mol. The van der Waals surface area contributed by atoms with Crippen molar-refractivity contribution in [2.45, 2.75) is 43.3 Å². The molecule has 0 saturated carbocycles. The standard InChI is InChI=1S/C19H21Cl2NOS/c1-4-12(2)14-8-5-6-11-17(14)22-19(23)13(3)24-18-15(20)9-7-10-16(18)21/h5-13H,4H2,1-3H3,(H,22,23)/t12-,13+/m0/s1. The minimum absolute atomic E-state index is 0.0632. The molecule has 0 bridgehead atoms. The van der Waals surface area contributed by atoms with Crippen molar-refractivity contribution in [1.29, 1.82) is 0 Å². The first kappa shape index (κ1) is 19.2. The van der Waals surface area contributed by atoms with Gasteiger partial charge < -0.3 is 5.32 Å². The maximum absolute atomic E-state index is 12.6. The topological polar surface area (TPSA) is 29.1 Å². The molecule has 0 aliphatic heterocycles. The SMILES string of the molecule is CC[C@H](C)c1ccccc1NC(=O)[C@@H](C)Sc1c(Cl)cccc1Cl. The Kier molecular flexibility index (Phi) is 7.02. The number of hydrogen-bond donors (Lipinski definition) is 1. The summed E-state index contributed by atoms with van der Waals surface area (Å²) in [6.07, 6.45) is 1.02. The van der Waals surface area contributed by atoms with E-state index in [1.54, 1.807) is 18.2 Å². The van der Waals surface area contributed by atoms with E-state index in [0.717, 1.165) is 22.6 Å². The minimum atomic E-state index is -0.313. The predicted molar refractivity (Wildman–Crippen MR) is 106 cm³/mol. The summed E-state index contributed by atoms with van der Waals surface area (Å²) in [6, 6.07) is 13.3. The largest absolute Gasteiger partial charge is 0.325 e. The molecule has 0 unspecified atom stereocenters. The van der Waals surface area contributed by atoms with Gasteiger partial charge in [-0.2, -0.15) is 0 Å². The van der Waals surface area contributed by atoms with Crippen LogP contribution in [0.3, 0.4) is 0 Å². The third kappa shape index (κ3) is 4.69. The number of benzene rings is 2. The first-order valence-corrected chi connectivity index (χ1v) is 9.58. The number of amides is 1. The third-order valence-corrected chi connectivity index (χ3v) is 6.04. The van der Waals surface area contributed by atoms with Crippen molar-refractivity contribution in [3.63, 3.8) is 0 Å². The maximum atomic E-state index is 12.6. The highest BCUT2D eigenvalue weighted by Gasteiger charge is 2.19. The fourth-order valence-electron chi connectivity index (χ4n) is 2.32. The summed E-state index contributed by atoms with van der Waals surface area (Å²) in [5.41, 5.74) is 2.02. The van der Waals surface area contributed by atoms with E-state index >= 15 is 0 Å². The first-order valence-electron chi connectivity index (χ1n) is 7.94. The lowest BCUT2D eigenvalue weighted by molar-refractivity contribution is -0.115. The highest BCUT2D eigenvalue weighted by molar-refractivity contribution is 8.00. The number of hydrogen-bond acceptors (Lipinski definition) is 2. The molecule has 2 rings (SSSR count). The van der Waals surface area contributed by atoms with E-state index in [1.807, 2.05) is 25.1 Å². The number of anilines is 1. The van der Waals surface area contributed by atoms with Gasteiger partial charge in [0, 0.05) is 10.6 Å². The second-order valence-electron chi connectivity index (χ2n) is 5.70. The molecule has 2 aromatic rings. The molecule has 0 radical (unpaired) electrons. The Bertz CT molecular complexity index is 700. The summed E-state index contributed by atoms with van der Waals surface area (Å²) in [6.45, 7) is 6.15. The van der Waals surface area contributed by atoms with E-state index in [9.17, 15) is 4.79 Å². The normalized spacial score (nSPS) is 13.4. The van der Waals surface area contributed by atoms with Crippen LogP contribution in [0, 0.1) is 0 Å². The van der Waals surface area contributed by atoms with E-state index in [2.05, 4.69) is 25.2 Å². The van der Waals surface area contributed by atoms with Crippen molar-refractivity contribution in [2.75, 3.05) is 5.32 Å².